The van der Waals surface area contributed by atoms with E-state index >= 15 is 0 Å². The van der Waals surface area contributed by atoms with Gasteiger partial charge in [0.2, 0.25) is 0 Å². The van der Waals surface area contributed by atoms with Crippen molar-refractivity contribution in [2.75, 3.05) is 19.7 Å². The molecule has 4 heteroatoms. The van der Waals surface area contributed by atoms with Crippen LogP contribution in [-0.4, -0.2) is 29.8 Å². The van der Waals surface area contributed by atoms with Crippen molar-refractivity contribution in [2.24, 2.45) is 11.2 Å². The summed E-state index contributed by atoms with van der Waals surface area (Å²) in [5.74, 6) is 0.464. The largest absolute Gasteiger partial charge is 0.396 e. The molecule has 0 aromatic rings. The molecule has 1 heterocycles. The predicted octanol–water partition coefficient (Wildman–Crippen LogP) is 0.762. The van der Waals surface area contributed by atoms with E-state index in [0.717, 1.165) is 32.4 Å². The summed E-state index contributed by atoms with van der Waals surface area (Å²) in [5, 5.41) is 13.1. The lowest BCUT2D eigenvalue weighted by molar-refractivity contribution is 0.150. The Hall–Kier alpha value is -0.640. The fraction of sp³-hybridized carbons (Fsp3) is 1.00. The van der Waals surface area contributed by atoms with Gasteiger partial charge in [0.25, 0.3) is 0 Å². The SMILES string of the molecule is O=NN1CCCC(CCO)C1. The van der Waals surface area contributed by atoms with Gasteiger partial charge in [-0.05, 0) is 25.2 Å². The van der Waals surface area contributed by atoms with Crippen LogP contribution in [0.3, 0.4) is 0 Å². The van der Waals surface area contributed by atoms with Crippen LogP contribution in [0, 0.1) is 10.8 Å². The normalized spacial score (nSPS) is 25.2. The molecule has 0 aromatic carbocycles. The van der Waals surface area contributed by atoms with Crippen molar-refractivity contribution in [3.63, 3.8) is 0 Å². The Morgan fingerprint density at radius 2 is 2.45 bits per heavy atom. The molecule has 0 spiro atoms. The van der Waals surface area contributed by atoms with E-state index in [2.05, 4.69) is 5.29 Å². The van der Waals surface area contributed by atoms with Crippen LogP contribution < -0.4 is 0 Å². The molecule has 64 valence electrons. The lowest BCUT2D eigenvalue weighted by Gasteiger charge is -2.27. The van der Waals surface area contributed by atoms with E-state index in [1.807, 2.05) is 0 Å². The number of aliphatic hydroxyl groups is 1. The number of rotatable bonds is 3. The molecule has 0 radical (unpaired) electrons. The van der Waals surface area contributed by atoms with Gasteiger partial charge in [-0.15, -0.1) is 4.91 Å². The molecule has 1 atom stereocenters. The van der Waals surface area contributed by atoms with Gasteiger partial charge in [0.15, 0.2) is 0 Å². The predicted molar refractivity (Wildman–Crippen MR) is 41.8 cm³/mol. The minimum absolute atomic E-state index is 0.220. The Labute approximate surface area is 66.1 Å². The summed E-state index contributed by atoms with van der Waals surface area (Å²) in [6.07, 6.45) is 2.94. The van der Waals surface area contributed by atoms with Crippen LogP contribution in [-0.2, 0) is 0 Å². The Balaban J connectivity index is 2.27. The third kappa shape index (κ3) is 2.46. The second-order valence-corrected chi connectivity index (χ2v) is 3.01. The van der Waals surface area contributed by atoms with Gasteiger partial charge in [-0.25, -0.2) is 0 Å². The molecular weight excluding hydrogens is 144 g/mol. The van der Waals surface area contributed by atoms with Crippen LogP contribution in [0.1, 0.15) is 19.3 Å². The molecule has 1 aliphatic rings. The minimum Gasteiger partial charge on any atom is -0.396 e. The van der Waals surface area contributed by atoms with Crippen molar-refractivity contribution in [1.29, 1.82) is 0 Å². The van der Waals surface area contributed by atoms with Gasteiger partial charge in [-0.2, -0.15) is 0 Å². The maximum Gasteiger partial charge on any atom is 0.0524 e. The Kier molecular flexibility index (Phi) is 3.29. The van der Waals surface area contributed by atoms with Crippen LogP contribution in [0.15, 0.2) is 5.29 Å². The quantitative estimate of drug-likeness (QED) is 0.617. The van der Waals surface area contributed by atoms with Crippen molar-refractivity contribution >= 4 is 0 Å². The number of aliphatic hydroxyl groups excluding tert-OH is 1. The average molecular weight is 158 g/mol. The molecule has 1 N–H and O–H groups in total. The summed E-state index contributed by atoms with van der Waals surface area (Å²) in [5.41, 5.74) is 0. The Morgan fingerprint density at radius 3 is 3.09 bits per heavy atom. The number of hydrogen-bond acceptors (Lipinski definition) is 3. The topological polar surface area (TPSA) is 52.9 Å². The second-order valence-electron chi connectivity index (χ2n) is 3.01. The molecule has 0 aliphatic carbocycles. The van der Waals surface area contributed by atoms with Gasteiger partial charge in [0.1, 0.15) is 0 Å². The summed E-state index contributed by atoms with van der Waals surface area (Å²) >= 11 is 0. The maximum atomic E-state index is 10.1. The first-order chi connectivity index (χ1) is 5.36. The van der Waals surface area contributed by atoms with Gasteiger partial charge in [-0.1, -0.05) is 0 Å². The zero-order valence-electron chi connectivity index (χ0n) is 6.57. The van der Waals surface area contributed by atoms with Crippen molar-refractivity contribution < 1.29 is 5.11 Å². The average Bonchev–Trinajstić information content (AvgIpc) is 2.06. The van der Waals surface area contributed by atoms with Gasteiger partial charge in [-0.3, -0.25) is 5.01 Å². The van der Waals surface area contributed by atoms with Crippen LogP contribution in [0.4, 0.5) is 0 Å². The highest BCUT2D eigenvalue weighted by Crippen LogP contribution is 2.18. The number of nitroso groups, excluding NO2 is 1. The highest BCUT2D eigenvalue weighted by molar-refractivity contribution is 4.69. The summed E-state index contributed by atoms with van der Waals surface area (Å²) in [6, 6.07) is 0. The number of piperidine rings is 1. The fourth-order valence-corrected chi connectivity index (χ4v) is 1.54. The first-order valence-corrected chi connectivity index (χ1v) is 4.06. The van der Waals surface area contributed by atoms with E-state index in [1.54, 1.807) is 5.01 Å². The lowest BCUT2D eigenvalue weighted by Crippen LogP contribution is -2.31. The first-order valence-electron chi connectivity index (χ1n) is 4.06. The third-order valence-corrected chi connectivity index (χ3v) is 2.15. The smallest absolute Gasteiger partial charge is 0.0524 e. The second kappa shape index (κ2) is 4.28. The molecule has 1 rings (SSSR count). The molecule has 11 heavy (non-hydrogen) atoms. The van der Waals surface area contributed by atoms with Crippen LogP contribution in [0.2, 0.25) is 0 Å². The zero-order valence-corrected chi connectivity index (χ0v) is 6.57. The Bertz CT molecular complexity index is 128. The molecule has 0 amide bonds. The van der Waals surface area contributed by atoms with Gasteiger partial charge >= 0.3 is 0 Å². The standard InChI is InChI=1S/C7H14N2O2/c10-5-3-7-2-1-4-9(6-7)8-11/h7,10H,1-6H2. The van der Waals surface area contributed by atoms with Crippen LogP contribution >= 0.6 is 0 Å². The lowest BCUT2D eigenvalue weighted by atomic mass is 9.96. The van der Waals surface area contributed by atoms with Crippen LogP contribution in [0.25, 0.3) is 0 Å². The highest BCUT2D eigenvalue weighted by atomic mass is 16.3. The summed E-state index contributed by atoms with van der Waals surface area (Å²) in [7, 11) is 0. The summed E-state index contributed by atoms with van der Waals surface area (Å²) in [4.78, 5) is 10.1. The van der Waals surface area contributed by atoms with Crippen molar-refractivity contribution in [3.8, 4) is 0 Å². The molecule has 0 saturated carbocycles. The van der Waals surface area contributed by atoms with E-state index in [-0.39, 0.29) is 6.61 Å². The van der Waals surface area contributed by atoms with Gasteiger partial charge in [0, 0.05) is 19.7 Å². The monoisotopic (exact) mass is 158 g/mol. The molecule has 1 fully saturated rings. The highest BCUT2D eigenvalue weighted by Gasteiger charge is 2.18. The maximum absolute atomic E-state index is 10.1. The summed E-state index contributed by atoms with van der Waals surface area (Å²) < 4.78 is 0. The van der Waals surface area contributed by atoms with Gasteiger partial charge < -0.3 is 5.11 Å². The molecular formula is C7H14N2O2. The third-order valence-electron chi connectivity index (χ3n) is 2.15. The summed E-state index contributed by atoms with van der Waals surface area (Å²) in [6.45, 7) is 1.73. The first kappa shape index (κ1) is 8.46. The fourth-order valence-electron chi connectivity index (χ4n) is 1.54. The molecule has 0 aromatic heterocycles. The van der Waals surface area contributed by atoms with E-state index in [0.29, 0.717) is 5.92 Å². The number of nitrogens with zero attached hydrogens (tertiary/aromatic N) is 2. The van der Waals surface area contributed by atoms with E-state index in [9.17, 15) is 4.91 Å². The van der Waals surface area contributed by atoms with Crippen molar-refractivity contribution in [1.82, 2.24) is 5.01 Å². The van der Waals surface area contributed by atoms with Crippen LogP contribution in [0.5, 0.6) is 0 Å². The van der Waals surface area contributed by atoms with E-state index < -0.39 is 0 Å². The molecule has 0 bridgehead atoms. The molecule has 1 saturated heterocycles. The molecule has 4 nitrogen and oxygen atoms in total. The molecule has 1 unspecified atom stereocenters. The Morgan fingerprint density at radius 1 is 1.64 bits per heavy atom. The number of hydrogen-bond donors (Lipinski definition) is 1. The van der Waals surface area contributed by atoms with Crippen molar-refractivity contribution in [3.05, 3.63) is 4.91 Å². The van der Waals surface area contributed by atoms with E-state index in [4.69, 9.17) is 5.11 Å². The minimum atomic E-state index is 0.220. The van der Waals surface area contributed by atoms with E-state index in [1.165, 1.54) is 0 Å². The molecule has 1 aliphatic heterocycles. The van der Waals surface area contributed by atoms with Crippen molar-refractivity contribution in [2.45, 2.75) is 19.3 Å². The van der Waals surface area contributed by atoms with Gasteiger partial charge in [0.05, 0.1) is 5.29 Å². The zero-order chi connectivity index (χ0) is 8.10.